The van der Waals surface area contributed by atoms with Crippen LogP contribution >= 0.6 is 23.4 Å². The van der Waals surface area contributed by atoms with Crippen LogP contribution in [0.1, 0.15) is 21.5 Å². The molecule has 1 atom stereocenters. The van der Waals surface area contributed by atoms with E-state index < -0.39 is 34.6 Å². The number of Topliss-reactive ketones (excluding diaryl/α,β-unsaturated/α-hetero) is 1. The maximum atomic E-state index is 13.5. The normalized spacial score (nSPS) is 16.2. The average Bonchev–Trinajstić information content (AvgIpc) is 2.85. The smallest absolute Gasteiger partial charge is 0.417 e. The van der Waals surface area contributed by atoms with Gasteiger partial charge in [-0.05, 0) is 36.4 Å². The molecular weight excluding hydrogens is 515 g/mol. The summed E-state index contributed by atoms with van der Waals surface area (Å²) < 4.78 is 44.7. The molecule has 1 amide bonds. The van der Waals surface area contributed by atoms with Gasteiger partial charge in [-0.1, -0.05) is 65.8 Å². The summed E-state index contributed by atoms with van der Waals surface area (Å²) in [5.74, 6) is -1.54. The molecular formula is C25H21ClF3N3O3S. The topological polar surface area (TPSA) is 91.6 Å². The van der Waals surface area contributed by atoms with Gasteiger partial charge in [-0.2, -0.15) is 13.2 Å². The zero-order chi connectivity index (χ0) is 26.5. The van der Waals surface area contributed by atoms with Crippen LogP contribution in [0.4, 0.5) is 18.0 Å². The minimum atomic E-state index is -4.73. The molecule has 0 aliphatic heterocycles. The second-order valence-electron chi connectivity index (χ2n) is 7.56. The first-order valence-corrected chi connectivity index (χ1v) is 12.1. The Bertz CT molecular complexity index is 1270. The van der Waals surface area contributed by atoms with Crippen molar-refractivity contribution in [3.05, 3.63) is 93.7 Å². The number of carbonyl (C=O) groups excluding carboxylic acids is 2. The highest BCUT2D eigenvalue weighted by atomic mass is 35.5. The average molecular weight is 536 g/mol. The number of allylic oxidation sites excluding steroid dienone is 4. The Morgan fingerprint density at radius 2 is 1.83 bits per heavy atom. The highest BCUT2D eigenvalue weighted by Gasteiger charge is 2.36. The maximum Gasteiger partial charge on any atom is 0.417 e. The number of rotatable bonds is 5. The SMILES string of the molecule is COC(=O)NC(=NC1=CC=C(C(=O)c2cccc(C(F)(F)F)c2Cl)C(Cc2ccccc2)C1=N)SC. The summed E-state index contributed by atoms with van der Waals surface area (Å²) in [7, 11) is 1.20. The van der Waals surface area contributed by atoms with Gasteiger partial charge in [-0.15, -0.1) is 0 Å². The molecule has 188 valence electrons. The van der Waals surface area contributed by atoms with E-state index in [4.69, 9.17) is 17.0 Å². The zero-order valence-corrected chi connectivity index (χ0v) is 20.7. The van der Waals surface area contributed by atoms with Crippen molar-refractivity contribution in [3.63, 3.8) is 0 Å². The molecule has 2 aromatic rings. The van der Waals surface area contributed by atoms with Crippen molar-refractivity contribution in [1.82, 2.24) is 5.32 Å². The number of aliphatic imine (C=N–C) groups is 1. The molecule has 0 saturated carbocycles. The van der Waals surface area contributed by atoms with Crippen molar-refractivity contribution in [1.29, 1.82) is 5.41 Å². The zero-order valence-electron chi connectivity index (χ0n) is 19.2. The Hall–Kier alpha value is -3.37. The number of benzene rings is 2. The van der Waals surface area contributed by atoms with Gasteiger partial charge in [-0.3, -0.25) is 10.1 Å². The molecule has 1 unspecified atom stereocenters. The Balaban J connectivity index is 2.08. The maximum absolute atomic E-state index is 13.5. The highest BCUT2D eigenvalue weighted by molar-refractivity contribution is 8.13. The first-order valence-electron chi connectivity index (χ1n) is 10.5. The van der Waals surface area contributed by atoms with E-state index in [9.17, 15) is 22.8 Å². The van der Waals surface area contributed by atoms with Crippen LogP contribution in [0.25, 0.3) is 0 Å². The fourth-order valence-corrected chi connectivity index (χ4v) is 4.25. The van der Waals surface area contributed by atoms with Crippen LogP contribution in [0, 0.1) is 11.3 Å². The lowest BCUT2D eigenvalue weighted by atomic mass is 9.80. The number of hydrogen-bond acceptors (Lipinski definition) is 6. The van der Waals surface area contributed by atoms with Crippen LogP contribution < -0.4 is 5.32 Å². The molecule has 6 nitrogen and oxygen atoms in total. The van der Waals surface area contributed by atoms with Crippen molar-refractivity contribution in [2.45, 2.75) is 12.6 Å². The molecule has 0 heterocycles. The summed E-state index contributed by atoms with van der Waals surface area (Å²) in [6, 6.07) is 12.2. The fourth-order valence-electron chi connectivity index (χ4n) is 3.56. The van der Waals surface area contributed by atoms with Crippen molar-refractivity contribution < 1.29 is 27.5 Å². The van der Waals surface area contributed by atoms with Gasteiger partial charge in [0.25, 0.3) is 0 Å². The van der Waals surface area contributed by atoms with Crippen LogP contribution in [0.15, 0.2) is 76.9 Å². The summed E-state index contributed by atoms with van der Waals surface area (Å²) in [4.78, 5) is 29.4. The van der Waals surface area contributed by atoms with Crippen molar-refractivity contribution in [2.24, 2.45) is 10.9 Å². The van der Waals surface area contributed by atoms with Gasteiger partial charge in [0.05, 0.1) is 29.1 Å². The van der Waals surface area contributed by atoms with E-state index >= 15 is 0 Å². The lowest BCUT2D eigenvalue weighted by Gasteiger charge is -2.25. The molecule has 0 spiro atoms. The van der Waals surface area contributed by atoms with Gasteiger partial charge in [0.15, 0.2) is 11.0 Å². The van der Waals surface area contributed by atoms with Gasteiger partial charge in [0.1, 0.15) is 0 Å². The number of methoxy groups -OCH3 is 1. The lowest BCUT2D eigenvalue weighted by molar-refractivity contribution is -0.137. The summed E-state index contributed by atoms with van der Waals surface area (Å²) in [5.41, 5.74) is -0.351. The molecule has 11 heteroatoms. The minimum absolute atomic E-state index is 0.0361. The van der Waals surface area contributed by atoms with Gasteiger partial charge in [0.2, 0.25) is 0 Å². The standard InChI is InChI=1S/C25H21ClF3N3O3S/c1-35-24(34)32-23(36-2)31-19-12-11-15(17(21(19)30)13-14-7-4-3-5-8-14)22(33)16-9-6-10-18(20(16)26)25(27,28)29/h3-12,17,30H,13H2,1-2H3,(H,31,32,34). The second kappa shape index (κ2) is 11.6. The number of nitrogens with zero attached hydrogens (tertiary/aromatic N) is 1. The third-order valence-corrected chi connectivity index (χ3v) is 6.31. The number of nitrogens with one attached hydrogen (secondary N) is 2. The number of amidine groups is 1. The van der Waals surface area contributed by atoms with Crippen LogP contribution in [0.5, 0.6) is 0 Å². The minimum Gasteiger partial charge on any atom is -0.453 e. The fraction of sp³-hybridized carbons (Fsp3) is 0.200. The largest absolute Gasteiger partial charge is 0.453 e. The Morgan fingerprint density at radius 1 is 1.14 bits per heavy atom. The molecule has 0 bridgehead atoms. The van der Waals surface area contributed by atoms with Crippen molar-refractivity contribution >= 4 is 46.1 Å². The van der Waals surface area contributed by atoms with Crippen LogP contribution in [-0.4, -0.2) is 36.1 Å². The van der Waals surface area contributed by atoms with Crippen LogP contribution in [0.2, 0.25) is 5.02 Å². The molecule has 36 heavy (non-hydrogen) atoms. The van der Waals surface area contributed by atoms with Crippen molar-refractivity contribution in [2.75, 3.05) is 13.4 Å². The van der Waals surface area contributed by atoms with Gasteiger partial charge >= 0.3 is 12.3 Å². The molecule has 0 saturated heterocycles. The third-order valence-electron chi connectivity index (χ3n) is 5.32. The van der Waals surface area contributed by atoms with E-state index in [2.05, 4.69) is 15.0 Å². The molecule has 2 N–H and O–H groups in total. The first-order chi connectivity index (χ1) is 17.1. The Kier molecular flexibility index (Phi) is 8.75. The Labute approximate surface area is 214 Å². The van der Waals surface area contributed by atoms with E-state index in [0.717, 1.165) is 29.5 Å². The predicted octanol–water partition coefficient (Wildman–Crippen LogP) is 6.32. The van der Waals surface area contributed by atoms with Crippen LogP contribution in [-0.2, 0) is 17.3 Å². The number of carbonyl (C=O) groups is 2. The van der Waals surface area contributed by atoms with Gasteiger partial charge in [-0.25, -0.2) is 9.79 Å². The lowest BCUT2D eigenvalue weighted by Crippen LogP contribution is -2.30. The van der Waals surface area contributed by atoms with E-state index in [1.54, 1.807) is 18.4 Å². The summed E-state index contributed by atoms with van der Waals surface area (Å²) in [5, 5.41) is 10.7. The number of alkyl halides is 3. The monoisotopic (exact) mass is 535 g/mol. The van der Waals surface area contributed by atoms with E-state index in [-0.39, 0.29) is 34.1 Å². The molecule has 1 aliphatic carbocycles. The van der Waals surface area contributed by atoms with Crippen molar-refractivity contribution in [3.8, 4) is 0 Å². The number of amides is 1. The number of halogens is 4. The number of ether oxygens (including phenoxy) is 1. The molecule has 0 aromatic heterocycles. The number of hydrogen-bond donors (Lipinski definition) is 2. The second-order valence-corrected chi connectivity index (χ2v) is 8.73. The van der Waals surface area contributed by atoms with E-state index in [0.29, 0.717) is 0 Å². The summed E-state index contributed by atoms with van der Waals surface area (Å²) >= 11 is 7.13. The first kappa shape index (κ1) is 27.2. The molecule has 3 rings (SSSR count). The number of alkyl carbamates (subject to hydrolysis) is 1. The Morgan fingerprint density at radius 3 is 2.44 bits per heavy atom. The number of ketones is 1. The van der Waals surface area contributed by atoms with Crippen LogP contribution in [0.3, 0.4) is 0 Å². The van der Waals surface area contributed by atoms with Gasteiger partial charge < -0.3 is 10.1 Å². The van der Waals surface area contributed by atoms with E-state index in [1.165, 1.54) is 25.3 Å². The van der Waals surface area contributed by atoms with E-state index in [1.807, 2.05) is 18.2 Å². The van der Waals surface area contributed by atoms with Gasteiger partial charge in [0, 0.05) is 17.1 Å². The highest BCUT2D eigenvalue weighted by Crippen LogP contribution is 2.38. The molecule has 1 aliphatic rings. The summed E-state index contributed by atoms with van der Waals surface area (Å²) in [6.07, 6.45) is -0.735. The third kappa shape index (κ3) is 6.24. The quantitative estimate of drug-likeness (QED) is 0.266. The summed E-state index contributed by atoms with van der Waals surface area (Å²) in [6.45, 7) is 0. The predicted molar refractivity (Wildman–Crippen MR) is 135 cm³/mol. The molecule has 0 radical (unpaired) electrons. The molecule has 0 fully saturated rings. The molecule has 2 aromatic carbocycles. The number of thioether (sulfide) groups is 1.